The van der Waals surface area contributed by atoms with Crippen molar-refractivity contribution in [3.05, 3.63) is 18.0 Å². The minimum Gasteiger partial charge on any atom is -0.306 e. The molecule has 0 aliphatic heterocycles. The van der Waals surface area contributed by atoms with Gasteiger partial charge in [0.05, 0.1) is 6.20 Å². The van der Waals surface area contributed by atoms with E-state index < -0.39 is 0 Å². The maximum absolute atomic E-state index is 4.36. The Hall–Kier alpha value is -0.480. The highest BCUT2D eigenvalue weighted by atomic mass is 32.2. The van der Waals surface area contributed by atoms with Gasteiger partial charge in [0.25, 0.3) is 0 Å². The lowest BCUT2D eigenvalue weighted by Gasteiger charge is -2.33. The van der Waals surface area contributed by atoms with Crippen molar-refractivity contribution in [2.24, 2.45) is 0 Å². The summed E-state index contributed by atoms with van der Waals surface area (Å²) in [6.07, 6.45) is 11.8. The Balaban J connectivity index is 1.94. The number of aromatic nitrogens is 2. The van der Waals surface area contributed by atoms with Crippen LogP contribution in [0.5, 0.6) is 0 Å². The molecule has 0 aromatic carbocycles. The number of thioether (sulfide) groups is 1. The Morgan fingerprint density at radius 3 is 2.94 bits per heavy atom. The molecule has 0 radical (unpaired) electrons. The molecule has 1 aliphatic rings. The van der Waals surface area contributed by atoms with E-state index in [0.717, 1.165) is 11.8 Å². The van der Waals surface area contributed by atoms with Crippen molar-refractivity contribution in [1.29, 1.82) is 0 Å². The summed E-state index contributed by atoms with van der Waals surface area (Å²) in [5.74, 6) is 0. The number of hydrogen-bond acceptors (Lipinski definition) is 3. The quantitative estimate of drug-likeness (QED) is 0.888. The molecule has 1 saturated carbocycles. The van der Waals surface area contributed by atoms with Gasteiger partial charge in [0.1, 0.15) is 0 Å². The van der Waals surface area contributed by atoms with Gasteiger partial charge in [-0.05, 0) is 32.9 Å². The summed E-state index contributed by atoms with van der Waals surface area (Å²) in [7, 11) is 0. The van der Waals surface area contributed by atoms with Crippen LogP contribution >= 0.6 is 11.8 Å². The van der Waals surface area contributed by atoms with Crippen molar-refractivity contribution >= 4 is 11.8 Å². The first-order valence-corrected chi connectivity index (χ1v) is 8.34. The molecule has 0 saturated heterocycles. The Labute approximate surface area is 115 Å². The van der Waals surface area contributed by atoms with Crippen LogP contribution in [0.2, 0.25) is 0 Å². The molecule has 1 fully saturated rings. The van der Waals surface area contributed by atoms with Crippen LogP contribution in [0.15, 0.2) is 12.4 Å². The van der Waals surface area contributed by atoms with E-state index in [4.69, 9.17) is 0 Å². The third-order valence-electron chi connectivity index (χ3n) is 3.95. The number of nitrogens with one attached hydrogen (secondary N) is 1. The van der Waals surface area contributed by atoms with Crippen LogP contribution in [-0.4, -0.2) is 27.3 Å². The van der Waals surface area contributed by atoms with E-state index in [0.29, 0.717) is 12.1 Å². The number of rotatable bonds is 5. The summed E-state index contributed by atoms with van der Waals surface area (Å²) in [6, 6.07) is 1.07. The Morgan fingerprint density at radius 1 is 1.50 bits per heavy atom. The molecular formula is C14H25N3S. The Morgan fingerprint density at radius 2 is 2.28 bits per heavy atom. The monoisotopic (exact) mass is 267 g/mol. The second kappa shape index (κ2) is 6.62. The molecule has 18 heavy (non-hydrogen) atoms. The molecule has 2 rings (SSSR count). The highest BCUT2D eigenvalue weighted by Gasteiger charge is 2.25. The van der Waals surface area contributed by atoms with Gasteiger partial charge in [0.2, 0.25) is 0 Å². The van der Waals surface area contributed by atoms with Crippen molar-refractivity contribution < 1.29 is 0 Å². The fourth-order valence-corrected chi connectivity index (χ4v) is 3.71. The molecule has 1 aromatic heterocycles. The highest BCUT2D eigenvalue weighted by molar-refractivity contribution is 7.99. The number of hydrogen-bond donors (Lipinski definition) is 1. The van der Waals surface area contributed by atoms with Crippen LogP contribution in [0.3, 0.4) is 0 Å². The molecule has 102 valence electrons. The second-order valence-electron chi connectivity index (χ2n) is 5.18. The zero-order valence-corrected chi connectivity index (χ0v) is 12.5. The lowest BCUT2D eigenvalue weighted by molar-refractivity contribution is 0.356. The molecule has 3 unspecified atom stereocenters. The fraction of sp³-hybridized carbons (Fsp3) is 0.786. The largest absolute Gasteiger partial charge is 0.306 e. The molecule has 0 spiro atoms. The van der Waals surface area contributed by atoms with Gasteiger partial charge in [-0.2, -0.15) is 16.9 Å². The average molecular weight is 267 g/mol. The molecule has 3 atom stereocenters. The lowest BCUT2D eigenvalue weighted by Crippen LogP contribution is -2.41. The van der Waals surface area contributed by atoms with Crippen LogP contribution in [0.1, 0.15) is 51.1 Å². The van der Waals surface area contributed by atoms with E-state index in [1.54, 1.807) is 0 Å². The van der Waals surface area contributed by atoms with Crippen molar-refractivity contribution in [2.75, 3.05) is 6.26 Å². The van der Waals surface area contributed by atoms with Crippen molar-refractivity contribution in [3.63, 3.8) is 0 Å². The average Bonchev–Trinajstić information content (AvgIpc) is 2.88. The summed E-state index contributed by atoms with van der Waals surface area (Å²) in [6.45, 7) is 5.33. The summed E-state index contributed by atoms with van der Waals surface area (Å²) in [5, 5.41) is 8.94. The SMILES string of the molecule is CCn1cc(C(C)NC2CCCCC2SC)cn1. The zero-order chi connectivity index (χ0) is 13.0. The second-order valence-corrected chi connectivity index (χ2v) is 6.26. The predicted molar refractivity (Wildman–Crippen MR) is 79.0 cm³/mol. The van der Waals surface area contributed by atoms with E-state index in [1.807, 2.05) is 22.6 Å². The van der Waals surface area contributed by atoms with E-state index >= 15 is 0 Å². The first-order valence-electron chi connectivity index (χ1n) is 7.05. The Kier molecular flexibility index (Phi) is 5.13. The standard InChI is InChI=1S/C14H25N3S/c1-4-17-10-12(9-15-17)11(2)16-13-7-5-6-8-14(13)18-3/h9-11,13-14,16H,4-8H2,1-3H3. The van der Waals surface area contributed by atoms with Crippen molar-refractivity contribution in [1.82, 2.24) is 15.1 Å². The third-order valence-corrected chi connectivity index (χ3v) is 5.12. The molecule has 3 nitrogen and oxygen atoms in total. The third kappa shape index (κ3) is 3.29. The molecule has 1 N–H and O–H groups in total. The molecule has 0 bridgehead atoms. The van der Waals surface area contributed by atoms with Crippen LogP contribution in [0.4, 0.5) is 0 Å². The molecule has 1 aliphatic carbocycles. The topological polar surface area (TPSA) is 29.9 Å². The molecular weight excluding hydrogens is 242 g/mol. The number of nitrogens with zero attached hydrogens (tertiary/aromatic N) is 2. The molecule has 0 amide bonds. The molecule has 1 heterocycles. The summed E-state index contributed by atoms with van der Waals surface area (Å²) < 4.78 is 2.00. The van der Waals surface area contributed by atoms with Crippen LogP contribution in [0, 0.1) is 0 Å². The van der Waals surface area contributed by atoms with Crippen molar-refractivity contribution in [3.8, 4) is 0 Å². The highest BCUT2D eigenvalue weighted by Crippen LogP contribution is 2.28. The normalized spacial score (nSPS) is 26.2. The lowest BCUT2D eigenvalue weighted by atomic mass is 9.94. The first kappa shape index (κ1) is 13.9. The zero-order valence-electron chi connectivity index (χ0n) is 11.7. The summed E-state index contributed by atoms with van der Waals surface area (Å²) >= 11 is 2.02. The van der Waals surface area contributed by atoms with Gasteiger partial charge in [0, 0.05) is 35.6 Å². The predicted octanol–water partition coefficient (Wildman–Crippen LogP) is 3.23. The van der Waals surface area contributed by atoms with Gasteiger partial charge >= 0.3 is 0 Å². The molecule has 1 aromatic rings. The minimum absolute atomic E-state index is 0.406. The van der Waals surface area contributed by atoms with Crippen LogP contribution in [0.25, 0.3) is 0 Å². The number of aryl methyl sites for hydroxylation is 1. The first-order chi connectivity index (χ1) is 8.74. The van der Waals surface area contributed by atoms with Gasteiger partial charge in [-0.3, -0.25) is 4.68 Å². The van der Waals surface area contributed by atoms with Gasteiger partial charge < -0.3 is 5.32 Å². The summed E-state index contributed by atoms with van der Waals surface area (Å²) in [5.41, 5.74) is 1.31. The van der Waals surface area contributed by atoms with E-state index in [2.05, 4.69) is 36.7 Å². The Bertz CT molecular complexity index is 364. The van der Waals surface area contributed by atoms with Gasteiger partial charge in [-0.25, -0.2) is 0 Å². The summed E-state index contributed by atoms with van der Waals surface area (Å²) in [4.78, 5) is 0. The smallest absolute Gasteiger partial charge is 0.0537 e. The maximum atomic E-state index is 4.36. The minimum atomic E-state index is 0.406. The van der Waals surface area contributed by atoms with Crippen LogP contribution in [-0.2, 0) is 6.54 Å². The van der Waals surface area contributed by atoms with E-state index in [1.165, 1.54) is 31.2 Å². The van der Waals surface area contributed by atoms with E-state index in [-0.39, 0.29) is 0 Å². The van der Waals surface area contributed by atoms with Gasteiger partial charge in [-0.1, -0.05) is 12.8 Å². The maximum Gasteiger partial charge on any atom is 0.0537 e. The fourth-order valence-electron chi connectivity index (χ4n) is 2.76. The van der Waals surface area contributed by atoms with E-state index in [9.17, 15) is 0 Å². The van der Waals surface area contributed by atoms with Crippen LogP contribution < -0.4 is 5.32 Å². The molecule has 4 heteroatoms. The van der Waals surface area contributed by atoms with Crippen molar-refractivity contribution in [2.45, 2.75) is 63.4 Å². The van der Waals surface area contributed by atoms with Gasteiger partial charge in [-0.15, -0.1) is 0 Å². The van der Waals surface area contributed by atoms with Gasteiger partial charge in [0.15, 0.2) is 0 Å².